The van der Waals surface area contributed by atoms with Gasteiger partial charge in [-0.3, -0.25) is 4.79 Å². The van der Waals surface area contributed by atoms with Crippen LogP contribution in [0.1, 0.15) is 36.1 Å². The van der Waals surface area contributed by atoms with Crippen LogP contribution in [-0.4, -0.2) is 27.4 Å². The van der Waals surface area contributed by atoms with Crippen molar-refractivity contribution in [1.82, 2.24) is 10.0 Å². The van der Waals surface area contributed by atoms with Gasteiger partial charge in [0.2, 0.25) is 10.0 Å². The highest BCUT2D eigenvalue weighted by Crippen LogP contribution is 2.34. The van der Waals surface area contributed by atoms with Crippen LogP contribution >= 0.6 is 0 Å². The monoisotopic (exact) mass is 425 g/mol. The normalized spacial score (nSPS) is 16.5. The number of rotatable bonds is 5. The van der Waals surface area contributed by atoms with Crippen LogP contribution in [-0.2, 0) is 10.0 Å². The number of nitrogens with one attached hydrogen (secondary N) is 2. The zero-order valence-electron chi connectivity index (χ0n) is 16.9. The highest BCUT2D eigenvalue weighted by Gasteiger charge is 2.31. The van der Waals surface area contributed by atoms with Gasteiger partial charge >= 0.3 is 0 Å². The summed E-state index contributed by atoms with van der Waals surface area (Å²) in [5, 5.41) is 2.96. The van der Waals surface area contributed by atoms with E-state index in [9.17, 15) is 13.2 Å². The molecule has 3 aromatic rings. The van der Waals surface area contributed by atoms with Gasteiger partial charge in [0, 0.05) is 18.7 Å². The molecule has 2 heterocycles. The van der Waals surface area contributed by atoms with Crippen LogP contribution in [0.5, 0.6) is 0 Å². The molecule has 0 radical (unpaired) electrons. The molecule has 0 fully saturated rings. The van der Waals surface area contributed by atoms with Gasteiger partial charge in [-0.2, -0.15) is 0 Å². The number of hydrogen-bond donors (Lipinski definition) is 2. The highest BCUT2D eigenvalue weighted by molar-refractivity contribution is 7.89. The minimum Gasteiger partial charge on any atom is -0.457 e. The third-order valence-electron chi connectivity index (χ3n) is 4.92. The first-order chi connectivity index (χ1) is 14.3. The number of sulfonamides is 1. The maximum absolute atomic E-state index is 12.5. The number of para-hydroxylation sites is 1. The molecule has 1 aromatic heterocycles. The molecule has 1 aliphatic heterocycles. The van der Waals surface area contributed by atoms with E-state index in [0.29, 0.717) is 17.1 Å². The van der Waals surface area contributed by atoms with Crippen LogP contribution < -0.4 is 14.9 Å². The molecule has 7 nitrogen and oxygen atoms in total. The number of carbonyl (C=O) groups excluding carboxylic acids is 1. The lowest BCUT2D eigenvalue weighted by Gasteiger charge is -2.34. The summed E-state index contributed by atoms with van der Waals surface area (Å²) < 4.78 is 33.2. The summed E-state index contributed by atoms with van der Waals surface area (Å²) in [5.41, 5.74) is 2.20. The van der Waals surface area contributed by atoms with Gasteiger partial charge in [0.05, 0.1) is 16.1 Å². The van der Waals surface area contributed by atoms with E-state index < -0.39 is 16.2 Å². The summed E-state index contributed by atoms with van der Waals surface area (Å²) in [6.07, 6.45) is -0.434. The molecule has 4 rings (SSSR count). The van der Waals surface area contributed by atoms with E-state index >= 15 is 0 Å². The number of nitrogens with zero attached hydrogens (tertiary/aromatic N) is 1. The second-order valence-electron chi connectivity index (χ2n) is 7.51. The average molecular weight is 426 g/mol. The Morgan fingerprint density at radius 1 is 1.03 bits per heavy atom. The number of anilines is 1. The predicted molar refractivity (Wildman–Crippen MR) is 115 cm³/mol. The van der Waals surface area contributed by atoms with Crippen molar-refractivity contribution in [1.29, 1.82) is 0 Å². The predicted octanol–water partition coefficient (Wildman–Crippen LogP) is 3.51. The fraction of sp³-hybridized carbons (Fsp3) is 0.227. The summed E-state index contributed by atoms with van der Waals surface area (Å²) in [6, 6.07) is 17.4. The van der Waals surface area contributed by atoms with Gasteiger partial charge in [-0.25, -0.2) is 13.1 Å². The third-order valence-corrected chi connectivity index (χ3v) is 6.59. The summed E-state index contributed by atoms with van der Waals surface area (Å²) >= 11 is 0. The molecular weight excluding hydrogens is 402 g/mol. The van der Waals surface area contributed by atoms with E-state index in [4.69, 9.17) is 4.42 Å². The molecule has 0 aliphatic carbocycles. The molecule has 2 aromatic carbocycles. The number of benzene rings is 2. The molecule has 1 atom stereocenters. The fourth-order valence-electron chi connectivity index (χ4n) is 3.50. The molecule has 2 N–H and O–H groups in total. The number of hydrogen-bond acceptors (Lipinski definition) is 5. The topological polar surface area (TPSA) is 91.7 Å². The first kappa shape index (κ1) is 20.2. The summed E-state index contributed by atoms with van der Waals surface area (Å²) in [6.45, 7) is 3.55. The molecule has 0 spiro atoms. The fourth-order valence-corrected chi connectivity index (χ4v) is 4.76. The van der Waals surface area contributed by atoms with Crippen molar-refractivity contribution in [2.24, 2.45) is 0 Å². The van der Waals surface area contributed by atoms with Crippen molar-refractivity contribution in [2.75, 3.05) is 11.9 Å². The van der Waals surface area contributed by atoms with Crippen molar-refractivity contribution in [3.05, 3.63) is 72.0 Å². The Morgan fingerprint density at radius 3 is 2.43 bits per heavy atom. The zero-order chi connectivity index (χ0) is 21.5. The number of amides is 1. The summed E-state index contributed by atoms with van der Waals surface area (Å²) in [5.74, 6) is 1.03. The largest absolute Gasteiger partial charge is 0.457 e. The molecule has 156 valence electrons. The second kappa shape index (κ2) is 7.62. The smallest absolute Gasteiger partial charge is 0.255 e. The van der Waals surface area contributed by atoms with E-state index in [0.717, 1.165) is 11.3 Å². The Bertz CT molecular complexity index is 1180. The lowest BCUT2D eigenvalue weighted by Crippen LogP contribution is -2.44. The van der Waals surface area contributed by atoms with Crippen molar-refractivity contribution in [3.8, 4) is 11.3 Å². The highest BCUT2D eigenvalue weighted by atomic mass is 32.2. The van der Waals surface area contributed by atoms with E-state index in [1.54, 1.807) is 44.2 Å². The lowest BCUT2D eigenvalue weighted by molar-refractivity contribution is 0.0922. The van der Waals surface area contributed by atoms with Gasteiger partial charge in [0.15, 0.2) is 6.17 Å². The Balaban J connectivity index is 1.59. The van der Waals surface area contributed by atoms with E-state index in [2.05, 4.69) is 10.0 Å². The standard InChI is InChI=1S/C22H23N3O4S/c1-14(2)24-30(27,28)16-10-8-15(9-11-16)19-12-13-20(29-19)21-23-22(26)17-6-4-5-7-18(17)25(21)3/h4-14,21,24H,1-3H3,(H,23,26)/t21-/m0/s1. The van der Waals surface area contributed by atoms with Gasteiger partial charge in [-0.1, -0.05) is 12.1 Å². The molecule has 1 aliphatic rings. The lowest BCUT2D eigenvalue weighted by atomic mass is 10.1. The van der Waals surface area contributed by atoms with Gasteiger partial charge in [0.25, 0.3) is 5.91 Å². The Morgan fingerprint density at radius 2 is 1.73 bits per heavy atom. The van der Waals surface area contributed by atoms with E-state index in [1.165, 1.54) is 0 Å². The second-order valence-corrected chi connectivity index (χ2v) is 9.22. The zero-order valence-corrected chi connectivity index (χ0v) is 17.7. The summed E-state index contributed by atoms with van der Waals surface area (Å²) in [7, 11) is -1.65. The van der Waals surface area contributed by atoms with Crippen LogP contribution in [0, 0.1) is 0 Å². The number of carbonyl (C=O) groups is 1. The third kappa shape index (κ3) is 3.71. The Labute approximate surface area is 175 Å². The van der Waals surface area contributed by atoms with Crippen molar-refractivity contribution in [3.63, 3.8) is 0 Å². The maximum atomic E-state index is 12.5. The molecule has 0 saturated heterocycles. The minimum absolute atomic E-state index is 0.154. The first-order valence-corrected chi connectivity index (χ1v) is 11.1. The van der Waals surface area contributed by atoms with Gasteiger partial charge in [-0.15, -0.1) is 0 Å². The van der Waals surface area contributed by atoms with Gasteiger partial charge in [-0.05, 0) is 62.4 Å². The number of fused-ring (bicyclic) bond motifs is 1. The van der Waals surface area contributed by atoms with Crippen LogP contribution in [0.25, 0.3) is 11.3 Å². The van der Waals surface area contributed by atoms with Crippen LogP contribution in [0.2, 0.25) is 0 Å². The molecule has 30 heavy (non-hydrogen) atoms. The molecular formula is C22H23N3O4S. The average Bonchev–Trinajstić information content (AvgIpc) is 3.20. The minimum atomic E-state index is -3.55. The molecule has 1 amide bonds. The van der Waals surface area contributed by atoms with Crippen molar-refractivity contribution >= 4 is 21.6 Å². The molecule has 0 saturated carbocycles. The van der Waals surface area contributed by atoms with Crippen LogP contribution in [0.4, 0.5) is 5.69 Å². The molecule has 0 unspecified atom stereocenters. The van der Waals surface area contributed by atoms with Gasteiger partial charge < -0.3 is 14.6 Å². The van der Waals surface area contributed by atoms with Crippen molar-refractivity contribution in [2.45, 2.75) is 31.0 Å². The van der Waals surface area contributed by atoms with Crippen LogP contribution in [0.15, 0.2) is 70.0 Å². The van der Waals surface area contributed by atoms with E-state index in [-0.39, 0.29) is 16.8 Å². The van der Waals surface area contributed by atoms with Crippen LogP contribution in [0.3, 0.4) is 0 Å². The first-order valence-electron chi connectivity index (χ1n) is 9.61. The van der Waals surface area contributed by atoms with Gasteiger partial charge in [0.1, 0.15) is 11.5 Å². The Hall–Kier alpha value is -3.10. The molecule has 0 bridgehead atoms. The quantitative estimate of drug-likeness (QED) is 0.653. The number of furan rings is 1. The van der Waals surface area contributed by atoms with E-state index in [1.807, 2.05) is 42.3 Å². The SMILES string of the molecule is CC(C)NS(=O)(=O)c1ccc(-c2ccc([C@H]3NC(=O)c4ccccc4N3C)o2)cc1. The van der Waals surface area contributed by atoms with Crippen molar-refractivity contribution < 1.29 is 17.6 Å². The maximum Gasteiger partial charge on any atom is 0.255 e. The Kier molecular flexibility index (Phi) is 5.13. The molecule has 8 heteroatoms. The summed E-state index contributed by atoms with van der Waals surface area (Å²) in [4.78, 5) is 14.6.